The number of pyridine rings is 1. The largest absolute Gasteiger partial charge is 2.00 e. The zero-order chi connectivity index (χ0) is 25.9. The molecule has 0 aliphatic heterocycles. The van der Waals surface area contributed by atoms with E-state index in [2.05, 4.69) is 111 Å². The van der Waals surface area contributed by atoms with Gasteiger partial charge in [-0.15, -0.1) is 0 Å². The van der Waals surface area contributed by atoms with Gasteiger partial charge in [0.1, 0.15) is 0 Å². The third kappa shape index (κ3) is 11.2. The zero-order valence-electron chi connectivity index (χ0n) is 24.4. The Morgan fingerprint density at radius 1 is 0.641 bits per heavy atom. The van der Waals surface area contributed by atoms with E-state index in [-0.39, 0.29) is 50.7 Å². The first-order valence-electron chi connectivity index (χ1n) is 13.9. The molecule has 2 aromatic carbocycles. The third-order valence-corrected chi connectivity index (χ3v) is 6.96. The van der Waals surface area contributed by atoms with Crippen molar-refractivity contribution >= 4 is 11.4 Å². The first-order chi connectivity index (χ1) is 17.5. The van der Waals surface area contributed by atoms with Crippen LogP contribution in [0.5, 0.6) is 0 Å². The van der Waals surface area contributed by atoms with Crippen molar-refractivity contribution in [2.75, 3.05) is 23.7 Å². The fourth-order valence-corrected chi connectivity index (χ4v) is 5.14. The molecule has 3 aromatic rings. The Balaban J connectivity index is 0.00000481. The van der Waals surface area contributed by atoms with Gasteiger partial charge in [0.05, 0.1) is 5.69 Å². The summed E-state index contributed by atoms with van der Waals surface area (Å²) >= 11 is 0. The van der Waals surface area contributed by atoms with E-state index >= 15 is 0 Å². The Kier molecular flexibility index (Phi) is 19.0. The van der Waals surface area contributed by atoms with Gasteiger partial charge in [0.25, 0.3) is 0 Å². The molecule has 217 valence electrons. The number of para-hydroxylation sites is 2. The van der Waals surface area contributed by atoms with Crippen LogP contribution in [0, 0.1) is 0 Å². The van der Waals surface area contributed by atoms with Gasteiger partial charge in [-0.1, -0.05) is 70.2 Å². The van der Waals surface area contributed by atoms with E-state index in [0.29, 0.717) is 12.1 Å². The second-order valence-electron chi connectivity index (χ2n) is 9.92. The summed E-state index contributed by atoms with van der Waals surface area (Å²) in [6, 6.07) is 20.2. The summed E-state index contributed by atoms with van der Waals surface area (Å²) in [7, 11) is 0. The van der Waals surface area contributed by atoms with Crippen LogP contribution in [-0.2, 0) is 49.0 Å². The number of nitrogens with zero attached hydrogens (tertiary/aromatic N) is 2. The molecule has 2 atom stereocenters. The van der Waals surface area contributed by atoms with E-state index in [1.165, 1.54) is 33.6 Å². The molecule has 0 aliphatic rings. The van der Waals surface area contributed by atoms with E-state index in [4.69, 9.17) is 0 Å². The monoisotopic (exact) mass is 703 g/mol. The molecule has 2 N–H and O–H groups in total. The molecule has 7 heteroatoms. The molecule has 0 bridgehead atoms. The van der Waals surface area contributed by atoms with Crippen LogP contribution in [0.25, 0.3) is 0 Å². The summed E-state index contributed by atoms with van der Waals surface area (Å²) in [5.74, 6) is 0. The predicted molar refractivity (Wildman–Crippen MR) is 156 cm³/mol. The van der Waals surface area contributed by atoms with Crippen molar-refractivity contribution in [1.29, 1.82) is 0 Å². The standard InChI is InChI=1S/C32H46N4.2BrH.Co/c1-7-26-15-13-16-27(8-2)31(26)34-24(5)21-36(23-30-19-11-12-20-33-30)22-25(6)35-32-28(9-3)17-14-18-29(32)10-4;;;/h11-20,24-25,34-35H,7-10,21-23H2,1-6H3;2*1H;/q;;;+2/p-2. The van der Waals surface area contributed by atoms with Crippen LogP contribution in [0.4, 0.5) is 11.4 Å². The Labute approximate surface area is 268 Å². The van der Waals surface area contributed by atoms with Gasteiger partial charge in [-0.25, -0.2) is 0 Å². The number of benzene rings is 2. The van der Waals surface area contributed by atoms with Crippen molar-refractivity contribution in [3.8, 4) is 0 Å². The molecule has 0 saturated heterocycles. The fourth-order valence-electron chi connectivity index (χ4n) is 5.14. The molecule has 3 rings (SSSR count). The first kappa shape index (κ1) is 37.6. The quantitative estimate of drug-likeness (QED) is 0.264. The minimum Gasteiger partial charge on any atom is -1.00 e. The van der Waals surface area contributed by atoms with Crippen molar-refractivity contribution in [2.24, 2.45) is 0 Å². The van der Waals surface area contributed by atoms with Crippen LogP contribution in [0.3, 0.4) is 0 Å². The molecule has 4 nitrogen and oxygen atoms in total. The maximum atomic E-state index is 4.63. The van der Waals surface area contributed by atoms with E-state index in [0.717, 1.165) is 51.0 Å². The summed E-state index contributed by atoms with van der Waals surface area (Å²) in [4.78, 5) is 7.17. The summed E-state index contributed by atoms with van der Waals surface area (Å²) < 4.78 is 0. The van der Waals surface area contributed by atoms with Gasteiger partial charge in [-0.2, -0.15) is 0 Å². The maximum absolute atomic E-state index is 4.63. The fraction of sp³-hybridized carbons (Fsp3) is 0.469. The van der Waals surface area contributed by atoms with Crippen LogP contribution in [-0.4, -0.2) is 35.1 Å². The summed E-state index contributed by atoms with van der Waals surface area (Å²) in [6.07, 6.45) is 6.05. The molecule has 0 saturated carbocycles. The van der Waals surface area contributed by atoms with Gasteiger partial charge in [0, 0.05) is 49.3 Å². The van der Waals surface area contributed by atoms with Crippen molar-refractivity contribution < 1.29 is 50.7 Å². The second kappa shape index (κ2) is 19.7. The van der Waals surface area contributed by atoms with Crippen LogP contribution in [0.2, 0.25) is 0 Å². The number of nitrogens with one attached hydrogen (secondary N) is 2. The molecule has 1 heterocycles. The maximum Gasteiger partial charge on any atom is 2.00 e. The number of aryl methyl sites for hydroxylation is 4. The zero-order valence-corrected chi connectivity index (χ0v) is 28.6. The van der Waals surface area contributed by atoms with Crippen molar-refractivity contribution in [3.05, 3.63) is 88.7 Å². The number of halogens is 2. The molecular formula is C32H46Br2CoN4. The third-order valence-electron chi connectivity index (χ3n) is 6.96. The summed E-state index contributed by atoms with van der Waals surface area (Å²) in [6.45, 7) is 16.3. The summed E-state index contributed by atoms with van der Waals surface area (Å²) in [5, 5.41) is 7.75. The Hall–Kier alpha value is -1.38. The minimum atomic E-state index is 0. The van der Waals surface area contributed by atoms with E-state index < -0.39 is 0 Å². The molecule has 0 spiro atoms. The van der Waals surface area contributed by atoms with Gasteiger partial charge < -0.3 is 44.6 Å². The predicted octanol–water partition coefficient (Wildman–Crippen LogP) is 1.14. The molecule has 0 fully saturated rings. The molecule has 2 unspecified atom stereocenters. The smallest absolute Gasteiger partial charge is 1.00 e. The normalized spacial score (nSPS) is 12.0. The number of hydrogen-bond acceptors (Lipinski definition) is 4. The average Bonchev–Trinajstić information content (AvgIpc) is 2.89. The number of rotatable bonds is 14. The number of hydrogen-bond donors (Lipinski definition) is 2. The van der Waals surface area contributed by atoms with Crippen molar-refractivity contribution in [3.63, 3.8) is 0 Å². The van der Waals surface area contributed by atoms with Crippen LogP contribution < -0.4 is 44.6 Å². The Bertz CT molecular complexity index is 971. The minimum absolute atomic E-state index is 0. The average molecular weight is 705 g/mol. The van der Waals surface area contributed by atoms with Gasteiger partial charge >= 0.3 is 16.8 Å². The Morgan fingerprint density at radius 2 is 1.05 bits per heavy atom. The second-order valence-corrected chi connectivity index (χ2v) is 9.92. The van der Waals surface area contributed by atoms with Crippen LogP contribution >= 0.6 is 0 Å². The number of anilines is 2. The van der Waals surface area contributed by atoms with Crippen LogP contribution in [0.15, 0.2) is 60.8 Å². The van der Waals surface area contributed by atoms with E-state index in [9.17, 15) is 0 Å². The van der Waals surface area contributed by atoms with Crippen molar-refractivity contribution in [1.82, 2.24) is 9.88 Å². The molecule has 0 amide bonds. The molecule has 1 aromatic heterocycles. The van der Waals surface area contributed by atoms with Crippen LogP contribution in [0.1, 0.15) is 69.5 Å². The molecule has 0 aliphatic carbocycles. The first-order valence-corrected chi connectivity index (χ1v) is 13.9. The van der Waals surface area contributed by atoms with Gasteiger partial charge in [-0.05, 0) is 73.9 Å². The van der Waals surface area contributed by atoms with Crippen molar-refractivity contribution in [2.45, 2.75) is 85.9 Å². The number of aromatic nitrogens is 1. The molecule has 1 radical (unpaired) electrons. The molecular weight excluding hydrogens is 659 g/mol. The SMILES string of the molecule is CCc1cccc(CC)c1NC(C)CN(Cc1ccccn1)CC(C)Nc1c(CC)cccc1CC.[Br-].[Br-].[Co+2]. The van der Waals surface area contributed by atoms with Gasteiger partial charge in [0.2, 0.25) is 0 Å². The van der Waals surface area contributed by atoms with Gasteiger partial charge in [0.15, 0.2) is 0 Å². The molecule has 39 heavy (non-hydrogen) atoms. The Morgan fingerprint density at radius 3 is 1.38 bits per heavy atom. The van der Waals surface area contributed by atoms with Gasteiger partial charge in [-0.3, -0.25) is 9.88 Å². The summed E-state index contributed by atoms with van der Waals surface area (Å²) in [5.41, 5.74) is 9.35. The van der Waals surface area contributed by atoms with E-state index in [1.807, 2.05) is 12.3 Å². The topological polar surface area (TPSA) is 40.2 Å². The van der Waals surface area contributed by atoms with E-state index in [1.54, 1.807) is 0 Å².